The summed E-state index contributed by atoms with van der Waals surface area (Å²) in [5.41, 5.74) is 0. The summed E-state index contributed by atoms with van der Waals surface area (Å²) in [6, 6.07) is -1.45. The Morgan fingerprint density at radius 1 is 1.29 bits per heavy atom. The lowest BCUT2D eigenvalue weighted by Crippen LogP contribution is -2.61. The maximum atomic E-state index is 12.1. The molecule has 7 nitrogen and oxygen atoms in total. The van der Waals surface area contributed by atoms with Gasteiger partial charge in [-0.05, 0) is 12.3 Å². The van der Waals surface area contributed by atoms with E-state index in [-0.39, 0.29) is 19.0 Å². The highest BCUT2D eigenvalue weighted by Gasteiger charge is 2.35. The number of hydrogen-bond donors (Lipinski definition) is 3. The highest BCUT2D eigenvalue weighted by atomic mass is 16.4. The quantitative estimate of drug-likeness (QED) is 0.705. The minimum Gasteiger partial charge on any atom is -0.480 e. The molecule has 118 valence electrons. The fraction of sp³-hybridized carbons (Fsp3) is 0.786. The molecule has 2 fully saturated rings. The summed E-state index contributed by atoms with van der Waals surface area (Å²) in [7, 11) is 0. The number of nitrogens with zero attached hydrogens (tertiary/aromatic N) is 1. The molecular weight excluding hydrogens is 274 g/mol. The maximum Gasteiger partial charge on any atom is 0.328 e. The number of carboxylic acids is 1. The number of aliphatic carboxylic acids is 1. The number of hydrogen-bond acceptors (Lipinski definition) is 3. The van der Waals surface area contributed by atoms with Gasteiger partial charge in [-0.15, -0.1) is 0 Å². The third kappa shape index (κ3) is 4.34. The first kappa shape index (κ1) is 15.6. The predicted octanol–water partition coefficient (Wildman–Crippen LogP) is 0.551. The highest BCUT2D eigenvalue weighted by Crippen LogP contribution is 2.25. The molecular formula is C14H23N3O4. The Morgan fingerprint density at radius 3 is 2.67 bits per heavy atom. The van der Waals surface area contributed by atoms with Gasteiger partial charge in [-0.25, -0.2) is 9.59 Å². The van der Waals surface area contributed by atoms with Crippen molar-refractivity contribution >= 4 is 17.9 Å². The molecule has 1 aliphatic heterocycles. The van der Waals surface area contributed by atoms with Gasteiger partial charge in [-0.2, -0.15) is 0 Å². The van der Waals surface area contributed by atoms with Gasteiger partial charge < -0.3 is 15.7 Å². The van der Waals surface area contributed by atoms with E-state index in [1.807, 2.05) is 0 Å². The van der Waals surface area contributed by atoms with Crippen LogP contribution in [0.4, 0.5) is 4.79 Å². The van der Waals surface area contributed by atoms with Crippen LogP contribution in [0.1, 0.15) is 38.5 Å². The third-order valence-corrected chi connectivity index (χ3v) is 4.28. The van der Waals surface area contributed by atoms with Crippen LogP contribution in [0, 0.1) is 5.92 Å². The molecule has 1 aliphatic carbocycles. The third-order valence-electron chi connectivity index (χ3n) is 4.28. The maximum absolute atomic E-state index is 12.1. The monoisotopic (exact) mass is 297 g/mol. The number of carbonyl (C=O) groups excluding carboxylic acids is 2. The van der Waals surface area contributed by atoms with Gasteiger partial charge in [0.2, 0.25) is 5.91 Å². The number of amides is 3. The Balaban J connectivity index is 1.79. The molecule has 1 heterocycles. The largest absolute Gasteiger partial charge is 0.480 e. The number of nitrogens with one attached hydrogen (secondary N) is 2. The van der Waals surface area contributed by atoms with E-state index in [1.165, 1.54) is 32.1 Å². The molecule has 0 bridgehead atoms. The van der Waals surface area contributed by atoms with Crippen molar-refractivity contribution in [3.8, 4) is 0 Å². The van der Waals surface area contributed by atoms with Gasteiger partial charge in [0.05, 0.1) is 0 Å². The van der Waals surface area contributed by atoms with E-state index < -0.39 is 18.0 Å². The van der Waals surface area contributed by atoms with Crippen molar-refractivity contribution in [1.82, 2.24) is 15.5 Å². The van der Waals surface area contributed by atoms with Gasteiger partial charge in [0.25, 0.3) is 0 Å². The molecule has 3 amide bonds. The lowest BCUT2D eigenvalue weighted by molar-refractivity contribution is -0.144. The molecule has 2 rings (SSSR count). The number of carboxylic acid groups (broad SMARTS) is 1. The second kappa shape index (κ2) is 7.28. The van der Waals surface area contributed by atoms with E-state index in [0.717, 1.165) is 11.3 Å². The Hall–Kier alpha value is -1.79. The molecule has 7 heteroatoms. The number of piperazine rings is 1. The lowest BCUT2D eigenvalue weighted by Gasteiger charge is -2.32. The van der Waals surface area contributed by atoms with Crippen molar-refractivity contribution < 1.29 is 19.5 Å². The van der Waals surface area contributed by atoms with Gasteiger partial charge in [-0.1, -0.05) is 32.1 Å². The lowest BCUT2D eigenvalue weighted by atomic mass is 9.87. The fourth-order valence-corrected chi connectivity index (χ4v) is 3.04. The first-order valence-electron chi connectivity index (χ1n) is 7.62. The minimum absolute atomic E-state index is 0.0375. The van der Waals surface area contributed by atoms with Crippen molar-refractivity contribution in [1.29, 1.82) is 0 Å². The van der Waals surface area contributed by atoms with Gasteiger partial charge >= 0.3 is 12.0 Å². The normalized spacial score (nSPS) is 23.5. The standard InChI is InChI=1S/C14H23N3O4/c18-12-9-17(11(8-16-12)13(19)20)14(21)15-7-6-10-4-2-1-3-5-10/h10-11H,1-9H2,(H,15,21)(H,16,18)(H,19,20). The van der Waals surface area contributed by atoms with Gasteiger partial charge in [0.15, 0.2) is 0 Å². The summed E-state index contributed by atoms with van der Waals surface area (Å²) in [6.45, 7) is 0.296. The molecule has 0 aromatic heterocycles. The number of rotatable bonds is 4. The van der Waals surface area contributed by atoms with Crippen molar-refractivity contribution in [3.63, 3.8) is 0 Å². The summed E-state index contributed by atoms with van der Waals surface area (Å²) >= 11 is 0. The zero-order valence-corrected chi connectivity index (χ0v) is 12.1. The Morgan fingerprint density at radius 2 is 2.00 bits per heavy atom. The van der Waals surface area contributed by atoms with Crippen LogP contribution in [0.2, 0.25) is 0 Å². The van der Waals surface area contributed by atoms with Gasteiger partial charge in [-0.3, -0.25) is 9.69 Å². The molecule has 0 spiro atoms. The summed E-state index contributed by atoms with van der Waals surface area (Å²) in [4.78, 5) is 35.6. The molecule has 21 heavy (non-hydrogen) atoms. The number of urea groups is 1. The van der Waals surface area contributed by atoms with E-state index in [0.29, 0.717) is 12.5 Å². The average molecular weight is 297 g/mol. The molecule has 1 atom stereocenters. The molecule has 3 N–H and O–H groups in total. The van der Waals surface area contributed by atoms with Crippen LogP contribution >= 0.6 is 0 Å². The van der Waals surface area contributed by atoms with E-state index in [9.17, 15) is 14.4 Å². The number of carbonyl (C=O) groups is 3. The van der Waals surface area contributed by atoms with Crippen molar-refractivity contribution in [3.05, 3.63) is 0 Å². The van der Waals surface area contributed by atoms with Crippen molar-refractivity contribution in [2.75, 3.05) is 19.6 Å². The average Bonchev–Trinajstić information content (AvgIpc) is 2.47. The Labute approximate surface area is 124 Å². The van der Waals surface area contributed by atoms with Crippen LogP contribution in [0.5, 0.6) is 0 Å². The van der Waals surface area contributed by atoms with Crippen LogP contribution in [-0.2, 0) is 9.59 Å². The first-order valence-corrected chi connectivity index (χ1v) is 7.62. The van der Waals surface area contributed by atoms with E-state index in [2.05, 4.69) is 10.6 Å². The molecule has 0 aromatic carbocycles. The SMILES string of the molecule is O=C1CN(C(=O)NCCC2CCCCC2)C(C(=O)O)CN1. The zero-order valence-electron chi connectivity index (χ0n) is 12.1. The highest BCUT2D eigenvalue weighted by molar-refractivity contribution is 5.90. The molecule has 1 unspecified atom stereocenters. The molecule has 0 aromatic rings. The summed E-state index contributed by atoms with van der Waals surface area (Å²) in [6.07, 6.45) is 7.15. The Kier molecular flexibility index (Phi) is 5.41. The predicted molar refractivity (Wildman–Crippen MR) is 75.7 cm³/mol. The Bertz CT molecular complexity index is 407. The van der Waals surface area contributed by atoms with E-state index >= 15 is 0 Å². The second-order valence-electron chi connectivity index (χ2n) is 5.81. The van der Waals surface area contributed by atoms with Crippen molar-refractivity contribution in [2.24, 2.45) is 5.92 Å². The van der Waals surface area contributed by atoms with Crippen LogP contribution in [0.15, 0.2) is 0 Å². The van der Waals surface area contributed by atoms with Crippen LogP contribution < -0.4 is 10.6 Å². The van der Waals surface area contributed by atoms with Crippen LogP contribution in [0.25, 0.3) is 0 Å². The second-order valence-corrected chi connectivity index (χ2v) is 5.81. The van der Waals surface area contributed by atoms with Gasteiger partial charge in [0, 0.05) is 13.1 Å². The molecule has 1 saturated carbocycles. The summed E-state index contributed by atoms with van der Waals surface area (Å²) < 4.78 is 0. The zero-order chi connectivity index (χ0) is 15.2. The first-order chi connectivity index (χ1) is 10.1. The fourth-order valence-electron chi connectivity index (χ4n) is 3.04. The van der Waals surface area contributed by atoms with Gasteiger partial charge in [0.1, 0.15) is 12.6 Å². The van der Waals surface area contributed by atoms with Crippen LogP contribution in [-0.4, -0.2) is 53.6 Å². The minimum atomic E-state index is -1.10. The van der Waals surface area contributed by atoms with Crippen LogP contribution in [0.3, 0.4) is 0 Å². The molecule has 2 aliphatic rings. The van der Waals surface area contributed by atoms with Crippen molar-refractivity contribution in [2.45, 2.75) is 44.6 Å². The molecule has 1 saturated heterocycles. The van der Waals surface area contributed by atoms with E-state index in [4.69, 9.17) is 5.11 Å². The molecule has 0 radical (unpaired) electrons. The summed E-state index contributed by atoms with van der Waals surface area (Å²) in [5, 5.41) is 14.3. The summed E-state index contributed by atoms with van der Waals surface area (Å²) in [5.74, 6) is -0.772. The van der Waals surface area contributed by atoms with E-state index in [1.54, 1.807) is 0 Å². The smallest absolute Gasteiger partial charge is 0.328 e. The topological polar surface area (TPSA) is 98.7 Å².